The molecule has 0 fully saturated rings. The van der Waals surface area contributed by atoms with Crippen molar-refractivity contribution in [1.29, 1.82) is 0 Å². The van der Waals surface area contributed by atoms with E-state index < -0.39 is 45.6 Å². The molecule has 0 radical (unpaired) electrons. The van der Waals surface area contributed by atoms with Gasteiger partial charge in [0.1, 0.15) is 28.4 Å². The molecule has 0 bridgehead atoms. The quantitative estimate of drug-likeness (QED) is 0.503. The SMILES string of the molecule is C[C@H](CO)N1C[C@H](C)[C@H](CN(C)C(=O)c2cccc(F)c2)Oc2cc(-c3cccc(F)c3)ccc2S1(=O)=O. The van der Waals surface area contributed by atoms with Crippen molar-refractivity contribution in [2.45, 2.75) is 30.9 Å². The Morgan fingerprint density at radius 1 is 1.08 bits per heavy atom. The summed E-state index contributed by atoms with van der Waals surface area (Å²) in [7, 11) is -2.49. The topological polar surface area (TPSA) is 87.2 Å². The first-order valence-electron chi connectivity index (χ1n) is 12.2. The standard InChI is InChI=1S/C28H30F2N2O5S/c1-18-15-32(19(2)17-33)38(35,36)27-11-10-21(20-6-4-8-23(29)12-20)14-25(27)37-26(18)16-31(3)28(34)22-7-5-9-24(30)13-22/h4-14,18-19,26,33H,15-17H2,1-3H3/t18-,19+,26-/m0/s1. The van der Waals surface area contributed by atoms with Gasteiger partial charge in [0.05, 0.1) is 13.2 Å². The molecule has 1 heterocycles. The van der Waals surface area contributed by atoms with Crippen LogP contribution < -0.4 is 4.74 Å². The van der Waals surface area contributed by atoms with Crippen molar-refractivity contribution in [2.24, 2.45) is 5.92 Å². The summed E-state index contributed by atoms with van der Waals surface area (Å²) < 4.78 is 62.4. The molecular weight excluding hydrogens is 514 g/mol. The fraction of sp³-hybridized carbons (Fsp3) is 0.321. The van der Waals surface area contributed by atoms with Crippen LogP contribution >= 0.6 is 0 Å². The summed E-state index contributed by atoms with van der Waals surface area (Å²) in [5.41, 5.74) is 1.27. The molecule has 1 aliphatic rings. The Morgan fingerprint density at radius 2 is 1.74 bits per heavy atom. The molecule has 0 spiro atoms. The normalized spacial score (nSPS) is 19.9. The van der Waals surface area contributed by atoms with Gasteiger partial charge in [-0.25, -0.2) is 17.2 Å². The number of carbonyl (C=O) groups is 1. The second-order valence-electron chi connectivity index (χ2n) is 9.61. The van der Waals surface area contributed by atoms with Crippen molar-refractivity contribution >= 4 is 15.9 Å². The third kappa shape index (κ3) is 5.72. The first-order chi connectivity index (χ1) is 18.0. The molecule has 3 aromatic carbocycles. The third-order valence-electron chi connectivity index (χ3n) is 6.70. The summed E-state index contributed by atoms with van der Waals surface area (Å²) in [5, 5.41) is 9.81. The average Bonchev–Trinajstić information content (AvgIpc) is 2.89. The van der Waals surface area contributed by atoms with E-state index in [0.29, 0.717) is 11.1 Å². The van der Waals surface area contributed by atoms with Gasteiger partial charge < -0.3 is 14.7 Å². The van der Waals surface area contributed by atoms with Gasteiger partial charge in [-0.3, -0.25) is 4.79 Å². The van der Waals surface area contributed by atoms with Crippen LogP contribution in [0.15, 0.2) is 71.6 Å². The number of hydrogen-bond donors (Lipinski definition) is 1. The number of halogens is 2. The number of rotatable bonds is 6. The van der Waals surface area contributed by atoms with Gasteiger partial charge in [-0.2, -0.15) is 4.31 Å². The maximum absolute atomic E-state index is 13.9. The van der Waals surface area contributed by atoms with Crippen molar-refractivity contribution in [3.05, 3.63) is 83.9 Å². The van der Waals surface area contributed by atoms with Crippen LogP contribution in [-0.2, 0) is 10.0 Å². The van der Waals surface area contributed by atoms with Crippen molar-refractivity contribution in [1.82, 2.24) is 9.21 Å². The Kier molecular flexibility index (Phi) is 8.15. The van der Waals surface area contributed by atoms with E-state index in [1.807, 2.05) is 0 Å². The number of carbonyl (C=O) groups excluding carboxylic acids is 1. The van der Waals surface area contributed by atoms with Gasteiger partial charge in [0.15, 0.2) is 0 Å². The number of fused-ring (bicyclic) bond motifs is 1. The zero-order valence-electron chi connectivity index (χ0n) is 21.3. The van der Waals surface area contributed by atoms with Crippen molar-refractivity contribution in [3.63, 3.8) is 0 Å². The lowest BCUT2D eigenvalue weighted by molar-refractivity contribution is 0.0563. The molecule has 3 aromatic rings. The van der Waals surface area contributed by atoms with E-state index in [1.165, 1.54) is 45.6 Å². The Hall–Kier alpha value is -3.34. The van der Waals surface area contributed by atoms with E-state index in [2.05, 4.69) is 0 Å². The van der Waals surface area contributed by atoms with Crippen molar-refractivity contribution < 1.29 is 31.8 Å². The molecule has 1 N–H and O–H groups in total. The number of sulfonamides is 1. The summed E-state index contributed by atoms with van der Waals surface area (Å²) in [5.74, 6) is -1.71. The fourth-order valence-electron chi connectivity index (χ4n) is 4.49. The summed E-state index contributed by atoms with van der Waals surface area (Å²) in [6.45, 7) is 3.16. The lowest BCUT2D eigenvalue weighted by Gasteiger charge is -2.37. The van der Waals surface area contributed by atoms with Crippen LogP contribution in [0.25, 0.3) is 11.1 Å². The molecule has 10 heteroatoms. The Morgan fingerprint density at radius 3 is 2.39 bits per heavy atom. The highest BCUT2D eigenvalue weighted by Gasteiger charge is 2.38. The van der Waals surface area contributed by atoms with E-state index in [-0.39, 0.29) is 35.9 Å². The number of aliphatic hydroxyl groups is 1. The Balaban J connectivity index is 1.75. The zero-order chi connectivity index (χ0) is 27.6. The van der Waals surface area contributed by atoms with Crippen LogP contribution in [0.1, 0.15) is 24.2 Å². The summed E-state index contributed by atoms with van der Waals surface area (Å²) >= 11 is 0. The number of aliphatic hydroxyl groups excluding tert-OH is 1. The molecule has 0 aliphatic carbocycles. The van der Waals surface area contributed by atoms with E-state index in [1.54, 1.807) is 45.2 Å². The minimum absolute atomic E-state index is 0.0435. The number of likely N-dealkylation sites (N-methyl/N-ethyl adjacent to an activating group) is 1. The van der Waals surface area contributed by atoms with Crippen LogP contribution in [0.2, 0.25) is 0 Å². The van der Waals surface area contributed by atoms with E-state index in [4.69, 9.17) is 4.74 Å². The molecule has 0 aromatic heterocycles. The lowest BCUT2D eigenvalue weighted by atomic mass is 10.0. The van der Waals surface area contributed by atoms with Gasteiger partial charge in [-0.15, -0.1) is 0 Å². The van der Waals surface area contributed by atoms with Crippen LogP contribution in [0.3, 0.4) is 0 Å². The Labute approximate surface area is 221 Å². The maximum Gasteiger partial charge on any atom is 0.253 e. The summed E-state index contributed by atoms with van der Waals surface area (Å²) in [6.07, 6.45) is -0.650. The van der Waals surface area contributed by atoms with Crippen molar-refractivity contribution in [3.8, 4) is 16.9 Å². The molecule has 0 unspecified atom stereocenters. The monoisotopic (exact) mass is 544 g/mol. The maximum atomic E-state index is 13.9. The molecule has 202 valence electrons. The number of nitrogens with zero attached hydrogens (tertiary/aromatic N) is 2. The van der Waals surface area contributed by atoms with E-state index >= 15 is 0 Å². The average molecular weight is 545 g/mol. The second-order valence-corrected chi connectivity index (χ2v) is 11.5. The van der Waals surface area contributed by atoms with Crippen LogP contribution in [0, 0.1) is 17.6 Å². The summed E-state index contributed by atoms with van der Waals surface area (Å²) in [6, 6.07) is 15.1. The highest BCUT2D eigenvalue weighted by molar-refractivity contribution is 7.89. The van der Waals surface area contributed by atoms with Gasteiger partial charge in [0, 0.05) is 31.1 Å². The van der Waals surface area contributed by atoms with Gasteiger partial charge in [-0.05, 0) is 60.5 Å². The largest absolute Gasteiger partial charge is 0.487 e. The number of amides is 1. The third-order valence-corrected chi connectivity index (χ3v) is 8.72. The molecule has 3 atom stereocenters. The highest BCUT2D eigenvalue weighted by Crippen LogP contribution is 2.36. The van der Waals surface area contributed by atoms with Crippen LogP contribution in [0.4, 0.5) is 8.78 Å². The number of hydrogen-bond acceptors (Lipinski definition) is 5. The predicted octanol–water partition coefficient (Wildman–Crippen LogP) is 4.17. The Bertz CT molecular complexity index is 1430. The second kappa shape index (κ2) is 11.2. The van der Waals surface area contributed by atoms with Gasteiger partial charge >= 0.3 is 0 Å². The van der Waals surface area contributed by atoms with Gasteiger partial charge in [0.25, 0.3) is 5.91 Å². The fourth-order valence-corrected chi connectivity index (χ4v) is 6.31. The van der Waals surface area contributed by atoms with Gasteiger partial charge in [0.2, 0.25) is 10.0 Å². The highest BCUT2D eigenvalue weighted by atomic mass is 32.2. The minimum atomic E-state index is -4.06. The molecule has 4 rings (SSSR count). The number of benzene rings is 3. The molecule has 0 saturated carbocycles. The summed E-state index contributed by atoms with van der Waals surface area (Å²) in [4.78, 5) is 14.3. The molecule has 7 nitrogen and oxygen atoms in total. The predicted molar refractivity (Wildman–Crippen MR) is 139 cm³/mol. The molecule has 1 amide bonds. The lowest BCUT2D eigenvalue weighted by Crippen LogP contribution is -2.50. The van der Waals surface area contributed by atoms with E-state index in [0.717, 1.165) is 6.07 Å². The number of ether oxygens (including phenoxy) is 1. The molecule has 0 saturated heterocycles. The smallest absolute Gasteiger partial charge is 0.253 e. The van der Waals surface area contributed by atoms with Crippen molar-refractivity contribution in [2.75, 3.05) is 26.7 Å². The van der Waals surface area contributed by atoms with Crippen LogP contribution in [0.5, 0.6) is 5.75 Å². The first-order valence-corrected chi connectivity index (χ1v) is 13.7. The van der Waals surface area contributed by atoms with Gasteiger partial charge in [-0.1, -0.05) is 31.2 Å². The molecular formula is C28H30F2N2O5S. The molecule has 38 heavy (non-hydrogen) atoms. The molecule has 1 aliphatic heterocycles. The van der Waals surface area contributed by atoms with E-state index in [9.17, 15) is 27.1 Å². The minimum Gasteiger partial charge on any atom is -0.487 e. The van der Waals surface area contributed by atoms with Crippen LogP contribution in [-0.4, -0.2) is 67.5 Å². The first kappa shape index (κ1) is 27.7. The zero-order valence-corrected chi connectivity index (χ0v) is 22.2.